The molecule has 33 heavy (non-hydrogen) atoms. The molecule has 0 aliphatic carbocycles. The van der Waals surface area contributed by atoms with Crippen molar-refractivity contribution in [2.45, 2.75) is 0 Å². The maximum Gasteiger partial charge on any atom is 0.0701 e. The average Bonchev–Trinajstić information content (AvgIpc) is 3.58. The van der Waals surface area contributed by atoms with E-state index in [4.69, 9.17) is 9.97 Å². The fourth-order valence-corrected chi connectivity index (χ4v) is 4.43. The minimum atomic E-state index is 0.913. The summed E-state index contributed by atoms with van der Waals surface area (Å²) >= 11 is 0. The first-order chi connectivity index (χ1) is 16.1. The molecule has 3 aromatic heterocycles. The molecule has 5 nitrogen and oxygen atoms in total. The third-order valence-electron chi connectivity index (χ3n) is 5.83. The standard InChI is InChI=1S/C28H23N5/c1-33(2)28-26-17-24-13-11-22(31-24)15-20-9-8-19(29-20)14-21-10-12-23(30-21)16-25(32-26)27(28)18-6-4-3-5-7-18/h3-17,29,32H,1-2H3. The number of benzene rings is 1. The van der Waals surface area contributed by atoms with E-state index in [-0.39, 0.29) is 0 Å². The van der Waals surface area contributed by atoms with E-state index in [2.05, 4.69) is 102 Å². The maximum atomic E-state index is 4.83. The van der Waals surface area contributed by atoms with Crippen molar-refractivity contribution in [1.29, 1.82) is 0 Å². The summed E-state index contributed by atoms with van der Waals surface area (Å²) in [5.41, 5.74) is 11.2. The van der Waals surface area contributed by atoms with Gasteiger partial charge >= 0.3 is 0 Å². The highest BCUT2D eigenvalue weighted by Gasteiger charge is 2.16. The number of aromatic nitrogens is 4. The Kier molecular flexibility index (Phi) is 4.47. The first-order valence-corrected chi connectivity index (χ1v) is 11.0. The Bertz CT molecular complexity index is 1580. The normalized spacial score (nSPS) is 12.3. The minimum Gasteiger partial charge on any atom is -0.375 e. The number of nitrogens with zero attached hydrogens (tertiary/aromatic N) is 3. The lowest BCUT2D eigenvalue weighted by Crippen LogP contribution is -2.09. The second-order valence-corrected chi connectivity index (χ2v) is 8.47. The van der Waals surface area contributed by atoms with Crippen molar-refractivity contribution in [2.24, 2.45) is 0 Å². The molecule has 5 heterocycles. The predicted molar refractivity (Wildman–Crippen MR) is 139 cm³/mol. The summed E-state index contributed by atoms with van der Waals surface area (Å²) in [4.78, 5) is 18.9. The van der Waals surface area contributed by atoms with Crippen LogP contribution in [0.15, 0.2) is 66.7 Å². The highest BCUT2D eigenvalue weighted by atomic mass is 15.1. The van der Waals surface area contributed by atoms with Crippen LogP contribution in [0, 0.1) is 0 Å². The van der Waals surface area contributed by atoms with E-state index < -0.39 is 0 Å². The van der Waals surface area contributed by atoms with Crippen molar-refractivity contribution in [1.82, 2.24) is 19.9 Å². The van der Waals surface area contributed by atoms with Crippen molar-refractivity contribution >= 4 is 52.1 Å². The molecule has 0 saturated carbocycles. The van der Waals surface area contributed by atoms with E-state index in [0.717, 1.165) is 61.7 Å². The number of nitrogens with one attached hydrogen (secondary N) is 2. The van der Waals surface area contributed by atoms with Gasteiger partial charge in [0.05, 0.1) is 39.5 Å². The number of H-pyrrole nitrogens is 2. The summed E-state index contributed by atoms with van der Waals surface area (Å²) < 4.78 is 0. The van der Waals surface area contributed by atoms with Gasteiger partial charge in [-0.1, -0.05) is 30.3 Å². The van der Waals surface area contributed by atoms with E-state index in [1.165, 1.54) is 0 Å². The van der Waals surface area contributed by atoms with E-state index in [0.29, 0.717) is 0 Å². The highest BCUT2D eigenvalue weighted by molar-refractivity contribution is 6.01. The third-order valence-corrected chi connectivity index (χ3v) is 5.83. The molecule has 2 N–H and O–H groups in total. The second kappa shape index (κ2) is 7.64. The summed E-state index contributed by atoms with van der Waals surface area (Å²) in [6.07, 6.45) is 8.20. The lowest BCUT2D eigenvalue weighted by Gasteiger charge is -2.14. The molecule has 0 saturated heterocycles. The van der Waals surface area contributed by atoms with E-state index in [1.807, 2.05) is 18.2 Å². The Hall–Kier alpha value is -4.38. The number of aromatic amines is 2. The van der Waals surface area contributed by atoms with Crippen LogP contribution in [0.4, 0.5) is 5.69 Å². The molecule has 0 amide bonds. The van der Waals surface area contributed by atoms with Gasteiger partial charge in [0.2, 0.25) is 0 Å². The van der Waals surface area contributed by atoms with Crippen LogP contribution in [0.1, 0.15) is 22.8 Å². The number of hydrogen-bond acceptors (Lipinski definition) is 3. The number of fused-ring (bicyclic) bond motifs is 8. The number of anilines is 1. The van der Waals surface area contributed by atoms with Gasteiger partial charge in [-0.2, -0.15) is 0 Å². The zero-order valence-electron chi connectivity index (χ0n) is 18.5. The number of rotatable bonds is 2. The van der Waals surface area contributed by atoms with E-state index in [1.54, 1.807) is 0 Å². The number of hydrogen-bond donors (Lipinski definition) is 2. The summed E-state index contributed by atoms with van der Waals surface area (Å²) in [6, 6.07) is 22.9. The summed E-state index contributed by atoms with van der Waals surface area (Å²) in [7, 11) is 4.15. The van der Waals surface area contributed by atoms with Crippen LogP contribution in [-0.2, 0) is 0 Å². The van der Waals surface area contributed by atoms with Gasteiger partial charge in [-0.15, -0.1) is 0 Å². The van der Waals surface area contributed by atoms with Crippen LogP contribution >= 0.6 is 0 Å². The summed E-state index contributed by atoms with van der Waals surface area (Å²) in [5.74, 6) is 0. The molecule has 5 heteroatoms. The Labute approximate surface area is 191 Å². The minimum absolute atomic E-state index is 0.913. The quantitative estimate of drug-likeness (QED) is 0.335. The monoisotopic (exact) mass is 429 g/mol. The second-order valence-electron chi connectivity index (χ2n) is 8.47. The summed E-state index contributed by atoms with van der Waals surface area (Å²) in [6.45, 7) is 0. The van der Waals surface area contributed by atoms with Gasteiger partial charge in [-0.05, 0) is 66.3 Å². The van der Waals surface area contributed by atoms with Crippen LogP contribution in [0.3, 0.4) is 0 Å². The first kappa shape index (κ1) is 19.3. The van der Waals surface area contributed by atoms with Crippen molar-refractivity contribution in [3.8, 4) is 11.1 Å². The molecular formula is C28H23N5. The molecule has 4 aromatic rings. The molecule has 0 atom stereocenters. The van der Waals surface area contributed by atoms with Crippen LogP contribution < -0.4 is 4.90 Å². The van der Waals surface area contributed by atoms with Gasteiger partial charge in [-0.25, -0.2) is 9.97 Å². The largest absolute Gasteiger partial charge is 0.375 e. The first-order valence-electron chi connectivity index (χ1n) is 11.0. The maximum absolute atomic E-state index is 4.83. The van der Waals surface area contributed by atoms with Gasteiger partial charge in [0, 0.05) is 30.7 Å². The average molecular weight is 430 g/mol. The topological polar surface area (TPSA) is 60.6 Å². The SMILES string of the molecule is CN(C)c1c(-c2ccccc2)c2cc3nc(cc4ccc(cc5nc(cc1[nH]2)C=C5)[nH]4)C=C3. The van der Waals surface area contributed by atoms with Crippen LogP contribution in [-0.4, -0.2) is 34.0 Å². The van der Waals surface area contributed by atoms with Gasteiger partial charge in [-0.3, -0.25) is 0 Å². The fourth-order valence-electron chi connectivity index (χ4n) is 4.43. The molecule has 0 fully saturated rings. The van der Waals surface area contributed by atoms with Gasteiger partial charge in [0.25, 0.3) is 0 Å². The smallest absolute Gasteiger partial charge is 0.0701 e. The highest BCUT2D eigenvalue weighted by Crippen LogP contribution is 2.38. The van der Waals surface area contributed by atoms with Crippen molar-refractivity contribution in [2.75, 3.05) is 19.0 Å². The Balaban J connectivity index is 1.75. The van der Waals surface area contributed by atoms with Crippen molar-refractivity contribution < 1.29 is 0 Å². The zero-order chi connectivity index (χ0) is 22.4. The Morgan fingerprint density at radius 2 is 1.15 bits per heavy atom. The van der Waals surface area contributed by atoms with Gasteiger partial charge in [0.1, 0.15) is 0 Å². The van der Waals surface area contributed by atoms with Crippen LogP contribution in [0.5, 0.6) is 0 Å². The molecule has 2 aliphatic rings. The predicted octanol–water partition coefficient (Wildman–Crippen LogP) is 6.39. The molecule has 160 valence electrons. The molecule has 1 aromatic carbocycles. The fraction of sp³-hybridized carbons (Fsp3) is 0.0714. The third kappa shape index (κ3) is 3.64. The van der Waals surface area contributed by atoms with E-state index in [9.17, 15) is 0 Å². The van der Waals surface area contributed by atoms with Crippen LogP contribution in [0.25, 0.3) is 57.5 Å². The van der Waals surface area contributed by atoms with Gasteiger partial charge in [0.15, 0.2) is 0 Å². The van der Waals surface area contributed by atoms with Crippen molar-refractivity contribution in [3.05, 3.63) is 89.5 Å². The lowest BCUT2D eigenvalue weighted by atomic mass is 10.0. The molecular weight excluding hydrogens is 406 g/mol. The molecule has 0 spiro atoms. The van der Waals surface area contributed by atoms with Crippen LogP contribution in [0.2, 0.25) is 0 Å². The molecule has 6 rings (SSSR count). The lowest BCUT2D eigenvalue weighted by molar-refractivity contribution is 1.15. The van der Waals surface area contributed by atoms with Gasteiger partial charge < -0.3 is 14.9 Å². The summed E-state index contributed by atoms with van der Waals surface area (Å²) in [5, 5.41) is 0. The molecule has 0 radical (unpaired) electrons. The Morgan fingerprint density at radius 3 is 1.73 bits per heavy atom. The molecule has 8 bridgehead atoms. The zero-order valence-corrected chi connectivity index (χ0v) is 18.5. The van der Waals surface area contributed by atoms with Crippen molar-refractivity contribution in [3.63, 3.8) is 0 Å². The Morgan fingerprint density at radius 1 is 0.606 bits per heavy atom. The van der Waals surface area contributed by atoms with E-state index >= 15 is 0 Å². The molecule has 2 aliphatic heterocycles. The molecule has 0 unspecified atom stereocenters.